The van der Waals surface area contributed by atoms with Gasteiger partial charge in [0.05, 0.1) is 5.69 Å². The number of piperazine rings is 1. The zero-order valence-corrected chi connectivity index (χ0v) is 14.3. The SMILES string of the molecule is Cc1csc(N2CCN(Cc3ccc(C(N)=O)cc3)C[C@@H]2C)n1. The van der Waals surface area contributed by atoms with Crippen LogP contribution in [0.5, 0.6) is 0 Å². The maximum Gasteiger partial charge on any atom is 0.248 e. The van der Waals surface area contributed by atoms with Gasteiger partial charge in [-0.2, -0.15) is 0 Å². The van der Waals surface area contributed by atoms with Crippen molar-refractivity contribution in [2.75, 3.05) is 24.5 Å². The number of nitrogens with zero attached hydrogens (tertiary/aromatic N) is 3. The quantitative estimate of drug-likeness (QED) is 0.934. The summed E-state index contributed by atoms with van der Waals surface area (Å²) in [6, 6.07) is 8.02. The van der Waals surface area contributed by atoms with Gasteiger partial charge in [0.15, 0.2) is 5.13 Å². The molecule has 1 aliphatic rings. The van der Waals surface area contributed by atoms with E-state index in [0.717, 1.165) is 37.0 Å². The Morgan fingerprint density at radius 2 is 2.09 bits per heavy atom. The molecular formula is C17H22N4OS. The highest BCUT2D eigenvalue weighted by Gasteiger charge is 2.25. The first-order valence-corrected chi connectivity index (χ1v) is 8.71. The van der Waals surface area contributed by atoms with E-state index in [1.54, 1.807) is 23.5 Å². The molecule has 5 nitrogen and oxygen atoms in total. The molecule has 1 aliphatic heterocycles. The molecule has 0 aliphatic carbocycles. The van der Waals surface area contributed by atoms with E-state index in [4.69, 9.17) is 5.73 Å². The first-order chi connectivity index (χ1) is 11.0. The van der Waals surface area contributed by atoms with Crippen molar-refractivity contribution in [2.24, 2.45) is 5.73 Å². The number of hydrogen-bond acceptors (Lipinski definition) is 5. The normalized spacial score (nSPS) is 19.0. The third-order valence-corrected chi connectivity index (χ3v) is 5.20. The summed E-state index contributed by atoms with van der Waals surface area (Å²) in [7, 11) is 0. The van der Waals surface area contributed by atoms with Crippen molar-refractivity contribution in [1.29, 1.82) is 0 Å². The molecule has 0 radical (unpaired) electrons. The molecule has 0 saturated carbocycles. The van der Waals surface area contributed by atoms with Gasteiger partial charge in [0.25, 0.3) is 0 Å². The van der Waals surface area contributed by atoms with Crippen LogP contribution in [0.2, 0.25) is 0 Å². The summed E-state index contributed by atoms with van der Waals surface area (Å²) < 4.78 is 0. The second-order valence-corrected chi connectivity index (χ2v) is 6.95. The lowest BCUT2D eigenvalue weighted by Crippen LogP contribution is -2.51. The molecule has 2 heterocycles. The van der Waals surface area contributed by atoms with Gasteiger partial charge in [0.1, 0.15) is 0 Å². The first kappa shape index (κ1) is 16.0. The highest BCUT2D eigenvalue weighted by molar-refractivity contribution is 7.13. The molecule has 3 rings (SSSR count). The Morgan fingerprint density at radius 3 is 2.65 bits per heavy atom. The number of benzene rings is 1. The number of nitrogens with two attached hydrogens (primary N) is 1. The Morgan fingerprint density at radius 1 is 1.35 bits per heavy atom. The molecular weight excluding hydrogens is 308 g/mol. The van der Waals surface area contributed by atoms with Crippen LogP contribution in [-0.2, 0) is 6.54 Å². The fraction of sp³-hybridized carbons (Fsp3) is 0.412. The average molecular weight is 330 g/mol. The molecule has 122 valence electrons. The minimum absolute atomic E-state index is 0.377. The van der Waals surface area contributed by atoms with Crippen molar-refractivity contribution in [3.05, 3.63) is 46.5 Å². The molecule has 1 amide bonds. The number of hydrogen-bond donors (Lipinski definition) is 1. The monoisotopic (exact) mass is 330 g/mol. The van der Waals surface area contributed by atoms with Crippen LogP contribution < -0.4 is 10.6 Å². The molecule has 0 bridgehead atoms. The van der Waals surface area contributed by atoms with Crippen molar-refractivity contribution in [1.82, 2.24) is 9.88 Å². The third kappa shape index (κ3) is 3.71. The van der Waals surface area contributed by atoms with Crippen molar-refractivity contribution >= 4 is 22.4 Å². The van der Waals surface area contributed by atoms with E-state index in [9.17, 15) is 4.79 Å². The largest absolute Gasteiger partial charge is 0.366 e. The first-order valence-electron chi connectivity index (χ1n) is 7.83. The molecule has 1 atom stereocenters. The van der Waals surface area contributed by atoms with Gasteiger partial charge in [0.2, 0.25) is 5.91 Å². The van der Waals surface area contributed by atoms with Crippen molar-refractivity contribution in [3.8, 4) is 0 Å². The van der Waals surface area contributed by atoms with E-state index < -0.39 is 0 Å². The molecule has 0 unspecified atom stereocenters. The van der Waals surface area contributed by atoms with Gasteiger partial charge >= 0.3 is 0 Å². The Hall–Kier alpha value is -1.92. The van der Waals surface area contributed by atoms with Crippen LogP contribution in [0.4, 0.5) is 5.13 Å². The lowest BCUT2D eigenvalue weighted by Gasteiger charge is -2.39. The van der Waals surface area contributed by atoms with Crippen LogP contribution >= 0.6 is 11.3 Å². The number of aromatic nitrogens is 1. The van der Waals surface area contributed by atoms with Crippen LogP contribution in [0, 0.1) is 6.92 Å². The number of carbonyl (C=O) groups excluding carboxylic acids is 1. The molecule has 1 aromatic heterocycles. The van der Waals surface area contributed by atoms with E-state index >= 15 is 0 Å². The third-order valence-electron chi connectivity index (χ3n) is 4.21. The minimum Gasteiger partial charge on any atom is -0.366 e. The number of carbonyl (C=O) groups is 1. The Kier molecular flexibility index (Phi) is 4.63. The van der Waals surface area contributed by atoms with Crippen LogP contribution in [0.15, 0.2) is 29.6 Å². The summed E-state index contributed by atoms with van der Waals surface area (Å²) in [5.41, 5.74) is 8.14. The molecule has 0 spiro atoms. The standard InChI is InChI=1S/C17H22N4OS/c1-12-11-23-17(19-12)21-8-7-20(9-13(21)2)10-14-3-5-15(6-4-14)16(18)22/h3-6,11,13H,7-10H2,1-2H3,(H2,18,22)/t13-/m0/s1. The zero-order chi connectivity index (χ0) is 16.4. The summed E-state index contributed by atoms with van der Waals surface area (Å²) >= 11 is 1.72. The smallest absolute Gasteiger partial charge is 0.248 e. The molecule has 2 N–H and O–H groups in total. The fourth-order valence-corrected chi connectivity index (χ4v) is 3.90. The van der Waals surface area contributed by atoms with E-state index in [1.807, 2.05) is 19.1 Å². The molecule has 1 aromatic carbocycles. The lowest BCUT2D eigenvalue weighted by atomic mass is 10.1. The molecule has 1 fully saturated rings. The van der Waals surface area contributed by atoms with Crippen molar-refractivity contribution < 1.29 is 4.79 Å². The topological polar surface area (TPSA) is 62.5 Å². The number of anilines is 1. The highest BCUT2D eigenvalue weighted by Crippen LogP contribution is 2.25. The van der Waals surface area contributed by atoms with Gasteiger partial charge in [0, 0.05) is 43.2 Å². The van der Waals surface area contributed by atoms with Gasteiger partial charge < -0.3 is 10.6 Å². The van der Waals surface area contributed by atoms with E-state index in [-0.39, 0.29) is 5.91 Å². The van der Waals surface area contributed by atoms with E-state index in [1.165, 1.54) is 5.56 Å². The summed E-state index contributed by atoms with van der Waals surface area (Å²) in [6.07, 6.45) is 0. The Bertz CT molecular complexity index is 682. The molecule has 2 aromatic rings. The Labute approximate surface area is 140 Å². The second-order valence-electron chi connectivity index (χ2n) is 6.11. The predicted molar refractivity (Wildman–Crippen MR) is 93.9 cm³/mol. The van der Waals surface area contributed by atoms with Gasteiger partial charge in [-0.15, -0.1) is 11.3 Å². The number of thiazole rings is 1. The summed E-state index contributed by atoms with van der Waals surface area (Å²) in [5, 5.41) is 3.23. The zero-order valence-electron chi connectivity index (χ0n) is 13.5. The van der Waals surface area contributed by atoms with Crippen LogP contribution in [0.3, 0.4) is 0 Å². The summed E-state index contributed by atoms with van der Waals surface area (Å²) in [4.78, 5) is 20.6. The van der Waals surface area contributed by atoms with E-state index in [0.29, 0.717) is 11.6 Å². The highest BCUT2D eigenvalue weighted by atomic mass is 32.1. The minimum atomic E-state index is -0.377. The molecule has 6 heteroatoms. The van der Waals surface area contributed by atoms with Crippen LogP contribution in [0.1, 0.15) is 28.5 Å². The summed E-state index contributed by atoms with van der Waals surface area (Å²) in [5.74, 6) is -0.377. The van der Waals surface area contributed by atoms with Crippen molar-refractivity contribution in [3.63, 3.8) is 0 Å². The average Bonchev–Trinajstić information content (AvgIpc) is 2.94. The van der Waals surface area contributed by atoms with Crippen LogP contribution in [0.25, 0.3) is 0 Å². The molecule has 23 heavy (non-hydrogen) atoms. The fourth-order valence-electron chi connectivity index (χ4n) is 2.97. The summed E-state index contributed by atoms with van der Waals surface area (Å²) in [6.45, 7) is 8.20. The number of amides is 1. The number of aryl methyl sites for hydroxylation is 1. The Balaban J connectivity index is 1.60. The molecule has 1 saturated heterocycles. The van der Waals surface area contributed by atoms with Crippen molar-refractivity contribution in [2.45, 2.75) is 26.4 Å². The van der Waals surface area contributed by atoms with E-state index in [2.05, 4.69) is 27.1 Å². The second kappa shape index (κ2) is 6.68. The van der Waals surface area contributed by atoms with Gasteiger partial charge in [-0.3, -0.25) is 9.69 Å². The van der Waals surface area contributed by atoms with Gasteiger partial charge in [-0.1, -0.05) is 12.1 Å². The van der Waals surface area contributed by atoms with Gasteiger partial charge in [-0.25, -0.2) is 4.98 Å². The lowest BCUT2D eigenvalue weighted by molar-refractivity contribution is 0.100. The predicted octanol–water partition coefficient (Wildman–Crippen LogP) is 2.26. The number of rotatable bonds is 4. The maximum absolute atomic E-state index is 11.1. The maximum atomic E-state index is 11.1. The number of primary amides is 1. The van der Waals surface area contributed by atoms with Gasteiger partial charge in [-0.05, 0) is 31.5 Å². The van der Waals surface area contributed by atoms with Crippen LogP contribution in [-0.4, -0.2) is 41.5 Å².